The molecule has 0 aliphatic carbocycles. The van der Waals surface area contributed by atoms with Gasteiger partial charge in [-0.25, -0.2) is 8.42 Å². The van der Waals surface area contributed by atoms with Gasteiger partial charge in [0, 0.05) is 6.04 Å². The van der Waals surface area contributed by atoms with Crippen molar-refractivity contribution in [1.82, 2.24) is 4.90 Å². The van der Waals surface area contributed by atoms with E-state index >= 15 is 0 Å². The van der Waals surface area contributed by atoms with Crippen molar-refractivity contribution in [2.45, 2.75) is 19.4 Å². The van der Waals surface area contributed by atoms with Gasteiger partial charge in [0.25, 0.3) is 5.91 Å². The first-order chi connectivity index (χ1) is 7.85. The number of sulfone groups is 1. The molecule has 6 nitrogen and oxygen atoms in total. The van der Waals surface area contributed by atoms with E-state index in [1.165, 1.54) is 6.92 Å². The Balaban J connectivity index is 2.86. The van der Waals surface area contributed by atoms with E-state index in [9.17, 15) is 18.0 Å². The van der Waals surface area contributed by atoms with Gasteiger partial charge in [-0.1, -0.05) is 5.92 Å². The number of rotatable bonds is 3. The van der Waals surface area contributed by atoms with Crippen LogP contribution in [0.3, 0.4) is 0 Å². The van der Waals surface area contributed by atoms with Gasteiger partial charge >= 0.3 is 5.97 Å². The van der Waals surface area contributed by atoms with Gasteiger partial charge in [0.1, 0.15) is 6.54 Å². The Labute approximate surface area is 99.5 Å². The summed E-state index contributed by atoms with van der Waals surface area (Å²) in [5.74, 6) is 2.60. The minimum absolute atomic E-state index is 0.0133. The molecule has 7 heteroatoms. The van der Waals surface area contributed by atoms with Gasteiger partial charge in [-0.15, -0.1) is 0 Å². The number of hydrogen-bond acceptors (Lipinski definition) is 4. The van der Waals surface area contributed by atoms with Crippen molar-refractivity contribution in [3.63, 3.8) is 0 Å². The summed E-state index contributed by atoms with van der Waals surface area (Å²) < 4.78 is 22.6. The Bertz CT molecular complexity index is 485. The highest BCUT2D eigenvalue weighted by Gasteiger charge is 2.35. The molecule has 0 bridgehead atoms. The Morgan fingerprint density at radius 1 is 1.47 bits per heavy atom. The molecule has 1 rings (SSSR count). The molecular formula is C10H13NO5S. The highest BCUT2D eigenvalue weighted by atomic mass is 32.2. The van der Waals surface area contributed by atoms with E-state index in [1.807, 2.05) is 0 Å². The normalized spacial score (nSPS) is 21.4. The van der Waals surface area contributed by atoms with E-state index in [2.05, 4.69) is 11.8 Å². The summed E-state index contributed by atoms with van der Waals surface area (Å²) in [5.41, 5.74) is 0. The van der Waals surface area contributed by atoms with Crippen LogP contribution in [0.2, 0.25) is 0 Å². The van der Waals surface area contributed by atoms with Gasteiger partial charge in [0.2, 0.25) is 0 Å². The number of carbonyl (C=O) groups is 2. The van der Waals surface area contributed by atoms with Crippen LogP contribution in [0.4, 0.5) is 0 Å². The summed E-state index contributed by atoms with van der Waals surface area (Å²) in [5, 5.41) is 8.70. The number of carbonyl (C=O) groups excluding carboxylic acids is 1. The van der Waals surface area contributed by atoms with Crippen LogP contribution >= 0.6 is 0 Å². The zero-order valence-electron chi connectivity index (χ0n) is 9.34. The predicted molar refractivity (Wildman–Crippen MR) is 59.9 cm³/mol. The lowest BCUT2D eigenvalue weighted by atomic mass is 10.2. The second-order valence-electron chi connectivity index (χ2n) is 3.76. The van der Waals surface area contributed by atoms with Crippen LogP contribution in [0.1, 0.15) is 13.3 Å². The number of carboxylic acids is 1. The number of amides is 1. The fourth-order valence-electron chi connectivity index (χ4n) is 1.71. The standard InChI is InChI=1S/C10H13NO5S/c1-2-3-9(12)11(6-10(13)14)8-4-5-17(15,16)7-8/h8H,4-7H2,1H3,(H,13,14). The molecule has 0 radical (unpaired) electrons. The largest absolute Gasteiger partial charge is 0.480 e. The molecule has 1 N–H and O–H groups in total. The summed E-state index contributed by atoms with van der Waals surface area (Å²) in [6, 6.07) is -0.579. The highest BCUT2D eigenvalue weighted by Crippen LogP contribution is 2.17. The first-order valence-electron chi connectivity index (χ1n) is 5.01. The lowest BCUT2D eigenvalue weighted by molar-refractivity contribution is -0.143. The fraction of sp³-hybridized carbons (Fsp3) is 0.600. The van der Waals surface area contributed by atoms with Gasteiger partial charge in [0.05, 0.1) is 11.5 Å². The summed E-state index contributed by atoms with van der Waals surface area (Å²) >= 11 is 0. The summed E-state index contributed by atoms with van der Waals surface area (Å²) in [7, 11) is -3.16. The molecule has 0 aromatic carbocycles. The second-order valence-corrected chi connectivity index (χ2v) is 5.99. The van der Waals surface area contributed by atoms with Crippen molar-refractivity contribution in [3.05, 3.63) is 0 Å². The van der Waals surface area contributed by atoms with Crippen LogP contribution in [0.5, 0.6) is 0 Å². The van der Waals surface area contributed by atoms with Gasteiger partial charge in [0.15, 0.2) is 9.84 Å². The average molecular weight is 259 g/mol. The lowest BCUT2D eigenvalue weighted by Crippen LogP contribution is -2.43. The van der Waals surface area contributed by atoms with E-state index in [0.717, 1.165) is 4.90 Å². The van der Waals surface area contributed by atoms with Crippen molar-refractivity contribution >= 4 is 21.7 Å². The maximum absolute atomic E-state index is 11.6. The molecule has 1 aliphatic heterocycles. The van der Waals surface area contributed by atoms with Crippen molar-refractivity contribution in [2.75, 3.05) is 18.1 Å². The highest BCUT2D eigenvalue weighted by molar-refractivity contribution is 7.91. The van der Waals surface area contributed by atoms with Crippen molar-refractivity contribution in [3.8, 4) is 11.8 Å². The SMILES string of the molecule is CC#CC(=O)N(CC(=O)O)C1CCS(=O)(=O)C1. The summed E-state index contributed by atoms with van der Waals surface area (Å²) in [6.45, 7) is 0.940. The Morgan fingerprint density at radius 3 is 2.53 bits per heavy atom. The van der Waals surface area contributed by atoms with E-state index in [0.29, 0.717) is 0 Å². The van der Waals surface area contributed by atoms with Gasteiger partial charge in [-0.2, -0.15) is 0 Å². The van der Waals surface area contributed by atoms with Crippen LogP contribution < -0.4 is 0 Å². The first-order valence-corrected chi connectivity index (χ1v) is 6.83. The third-order valence-electron chi connectivity index (χ3n) is 2.45. The smallest absolute Gasteiger partial charge is 0.323 e. The maximum Gasteiger partial charge on any atom is 0.323 e. The molecule has 1 saturated heterocycles. The predicted octanol–water partition coefficient (Wildman–Crippen LogP) is -0.890. The quantitative estimate of drug-likeness (QED) is 0.664. The van der Waals surface area contributed by atoms with E-state index in [4.69, 9.17) is 5.11 Å². The third kappa shape index (κ3) is 3.75. The molecule has 0 aromatic heterocycles. The molecule has 1 amide bonds. The van der Waals surface area contributed by atoms with Gasteiger partial charge in [-0.3, -0.25) is 9.59 Å². The number of carboxylic acid groups (broad SMARTS) is 1. The van der Waals surface area contributed by atoms with Crippen molar-refractivity contribution in [2.24, 2.45) is 0 Å². The number of hydrogen-bond donors (Lipinski definition) is 1. The third-order valence-corrected chi connectivity index (χ3v) is 4.20. The van der Waals surface area contributed by atoms with E-state index in [1.54, 1.807) is 0 Å². The van der Waals surface area contributed by atoms with Crippen LogP contribution in [-0.2, 0) is 19.4 Å². The monoisotopic (exact) mass is 259 g/mol. The molecule has 1 atom stereocenters. The molecule has 1 fully saturated rings. The van der Waals surface area contributed by atoms with Gasteiger partial charge in [-0.05, 0) is 19.3 Å². The molecule has 17 heavy (non-hydrogen) atoms. The minimum Gasteiger partial charge on any atom is -0.480 e. The molecular weight excluding hydrogens is 246 g/mol. The van der Waals surface area contributed by atoms with Crippen LogP contribution in [0.25, 0.3) is 0 Å². The average Bonchev–Trinajstić information content (AvgIpc) is 2.55. The molecule has 0 spiro atoms. The Hall–Kier alpha value is -1.55. The lowest BCUT2D eigenvalue weighted by Gasteiger charge is -2.24. The van der Waals surface area contributed by atoms with Gasteiger partial charge < -0.3 is 10.0 Å². The van der Waals surface area contributed by atoms with E-state index < -0.39 is 34.3 Å². The zero-order chi connectivity index (χ0) is 13.1. The van der Waals surface area contributed by atoms with Crippen LogP contribution in [-0.4, -0.2) is 54.4 Å². The molecule has 0 aromatic rings. The maximum atomic E-state index is 11.6. The molecule has 0 saturated carbocycles. The Morgan fingerprint density at radius 2 is 2.12 bits per heavy atom. The first kappa shape index (κ1) is 13.5. The summed E-state index contributed by atoms with van der Waals surface area (Å²) in [4.78, 5) is 23.2. The second kappa shape index (κ2) is 5.19. The number of nitrogens with zero attached hydrogens (tertiary/aromatic N) is 1. The van der Waals surface area contributed by atoms with E-state index in [-0.39, 0.29) is 17.9 Å². The topological polar surface area (TPSA) is 91.8 Å². The summed E-state index contributed by atoms with van der Waals surface area (Å²) in [6.07, 6.45) is 0.271. The van der Waals surface area contributed by atoms with Crippen LogP contribution in [0, 0.1) is 11.8 Å². The molecule has 94 valence electrons. The molecule has 1 heterocycles. The molecule has 1 aliphatic rings. The zero-order valence-corrected chi connectivity index (χ0v) is 10.2. The Kier molecular flexibility index (Phi) is 4.12. The van der Waals surface area contributed by atoms with Crippen molar-refractivity contribution < 1.29 is 23.1 Å². The van der Waals surface area contributed by atoms with Crippen molar-refractivity contribution in [1.29, 1.82) is 0 Å². The number of aliphatic carboxylic acids is 1. The fourth-order valence-corrected chi connectivity index (χ4v) is 3.44. The molecule has 1 unspecified atom stereocenters. The minimum atomic E-state index is -3.16. The van der Waals surface area contributed by atoms with Crippen LogP contribution in [0.15, 0.2) is 0 Å².